The number of aliphatic hydroxyl groups is 2. The Morgan fingerprint density at radius 3 is 2.79 bits per heavy atom. The van der Waals surface area contributed by atoms with Gasteiger partial charge in [-0.05, 0) is 37.6 Å². The standard InChI is InChI=1S/C15H22BrNO2/c1-3-4-8-14(19)10-17(2)15(11-18)12-6-5-7-13(16)9-12/h3,5-7,9,14-15,18-19H,1,4,8,10-11H2,2H3. The third kappa shape index (κ3) is 5.45. The summed E-state index contributed by atoms with van der Waals surface area (Å²) in [5, 5.41) is 19.5. The lowest BCUT2D eigenvalue weighted by Crippen LogP contribution is -2.34. The van der Waals surface area contributed by atoms with E-state index in [2.05, 4.69) is 22.5 Å². The summed E-state index contributed by atoms with van der Waals surface area (Å²) in [6.07, 6.45) is 2.91. The summed E-state index contributed by atoms with van der Waals surface area (Å²) in [6, 6.07) is 7.78. The molecule has 1 aromatic rings. The smallest absolute Gasteiger partial charge is 0.0670 e. The Labute approximate surface area is 123 Å². The van der Waals surface area contributed by atoms with E-state index in [0.29, 0.717) is 13.0 Å². The van der Waals surface area contributed by atoms with E-state index in [1.807, 2.05) is 36.2 Å². The largest absolute Gasteiger partial charge is 0.394 e. The molecule has 0 amide bonds. The normalized spacial score (nSPS) is 14.4. The zero-order chi connectivity index (χ0) is 14.3. The molecule has 1 aromatic carbocycles. The topological polar surface area (TPSA) is 43.7 Å². The van der Waals surface area contributed by atoms with E-state index in [1.54, 1.807) is 6.08 Å². The Balaban J connectivity index is 2.66. The SMILES string of the molecule is C=CCCC(O)CN(C)C(CO)c1cccc(Br)c1. The van der Waals surface area contributed by atoms with Crippen LogP contribution < -0.4 is 0 Å². The number of likely N-dealkylation sites (N-methyl/N-ethyl adjacent to an activating group) is 1. The molecule has 106 valence electrons. The van der Waals surface area contributed by atoms with Gasteiger partial charge in [-0.1, -0.05) is 34.1 Å². The molecule has 0 aliphatic heterocycles. The number of allylic oxidation sites excluding steroid dienone is 1. The summed E-state index contributed by atoms with van der Waals surface area (Å²) >= 11 is 3.43. The highest BCUT2D eigenvalue weighted by Crippen LogP contribution is 2.22. The predicted molar refractivity (Wildman–Crippen MR) is 82.0 cm³/mol. The first-order chi connectivity index (χ1) is 9.08. The van der Waals surface area contributed by atoms with E-state index in [4.69, 9.17) is 0 Å². The molecule has 2 N–H and O–H groups in total. The number of hydrogen-bond donors (Lipinski definition) is 2. The van der Waals surface area contributed by atoms with E-state index >= 15 is 0 Å². The van der Waals surface area contributed by atoms with Crippen LogP contribution in [0.3, 0.4) is 0 Å². The van der Waals surface area contributed by atoms with Gasteiger partial charge in [-0.3, -0.25) is 4.90 Å². The molecule has 4 heteroatoms. The van der Waals surface area contributed by atoms with Gasteiger partial charge in [-0.25, -0.2) is 0 Å². The van der Waals surface area contributed by atoms with E-state index in [1.165, 1.54) is 0 Å². The molecule has 3 nitrogen and oxygen atoms in total. The van der Waals surface area contributed by atoms with Crippen LogP contribution in [-0.4, -0.2) is 41.4 Å². The van der Waals surface area contributed by atoms with Gasteiger partial charge in [0.05, 0.1) is 18.8 Å². The van der Waals surface area contributed by atoms with Crippen LogP contribution in [0.25, 0.3) is 0 Å². The van der Waals surface area contributed by atoms with E-state index < -0.39 is 6.10 Å². The monoisotopic (exact) mass is 327 g/mol. The van der Waals surface area contributed by atoms with Gasteiger partial charge in [-0.2, -0.15) is 0 Å². The zero-order valence-corrected chi connectivity index (χ0v) is 12.9. The number of halogens is 1. The number of rotatable bonds is 8. The molecule has 0 aliphatic carbocycles. The number of hydrogen-bond acceptors (Lipinski definition) is 3. The average Bonchev–Trinajstić information content (AvgIpc) is 2.37. The zero-order valence-electron chi connectivity index (χ0n) is 11.3. The molecule has 0 bridgehead atoms. The molecule has 0 fully saturated rings. The van der Waals surface area contributed by atoms with Gasteiger partial charge in [-0.15, -0.1) is 6.58 Å². The Morgan fingerprint density at radius 1 is 1.47 bits per heavy atom. The fourth-order valence-electron chi connectivity index (χ4n) is 2.07. The van der Waals surface area contributed by atoms with E-state index in [-0.39, 0.29) is 12.6 Å². The van der Waals surface area contributed by atoms with Crippen LogP contribution in [0.15, 0.2) is 41.4 Å². The molecule has 0 saturated carbocycles. The summed E-state index contributed by atoms with van der Waals surface area (Å²) in [4.78, 5) is 1.98. The highest BCUT2D eigenvalue weighted by Gasteiger charge is 2.18. The van der Waals surface area contributed by atoms with Crippen LogP contribution in [0.1, 0.15) is 24.4 Å². The van der Waals surface area contributed by atoms with Gasteiger partial charge >= 0.3 is 0 Å². The van der Waals surface area contributed by atoms with Crippen LogP contribution in [0.5, 0.6) is 0 Å². The molecular weight excluding hydrogens is 306 g/mol. The first kappa shape index (κ1) is 16.4. The lowest BCUT2D eigenvalue weighted by Gasteiger charge is -2.28. The molecule has 0 saturated heterocycles. The quantitative estimate of drug-likeness (QED) is 0.721. The summed E-state index contributed by atoms with van der Waals surface area (Å²) < 4.78 is 0.990. The van der Waals surface area contributed by atoms with E-state index in [9.17, 15) is 10.2 Å². The van der Waals surface area contributed by atoms with Crippen molar-refractivity contribution in [1.29, 1.82) is 0 Å². The Morgan fingerprint density at radius 2 is 2.21 bits per heavy atom. The van der Waals surface area contributed by atoms with Crippen LogP contribution >= 0.6 is 15.9 Å². The molecule has 19 heavy (non-hydrogen) atoms. The Kier molecular flexibility index (Phi) is 7.31. The lowest BCUT2D eigenvalue weighted by molar-refractivity contribution is 0.0757. The van der Waals surface area contributed by atoms with E-state index in [0.717, 1.165) is 16.5 Å². The second-order valence-corrected chi connectivity index (χ2v) is 5.63. The number of aliphatic hydroxyl groups excluding tert-OH is 2. The molecule has 0 heterocycles. The van der Waals surface area contributed by atoms with Crippen molar-refractivity contribution in [2.45, 2.75) is 25.0 Å². The van der Waals surface area contributed by atoms with Crippen molar-refractivity contribution in [2.24, 2.45) is 0 Å². The summed E-state index contributed by atoms with van der Waals surface area (Å²) in [7, 11) is 1.92. The number of benzene rings is 1. The molecule has 0 spiro atoms. The minimum atomic E-state index is -0.399. The van der Waals surface area contributed by atoms with Crippen molar-refractivity contribution in [3.63, 3.8) is 0 Å². The third-order valence-corrected chi connectivity index (χ3v) is 3.63. The van der Waals surface area contributed by atoms with Crippen molar-refractivity contribution in [3.8, 4) is 0 Å². The van der Waals surface area contributed by atoms with Crippen LogP contribution in [0, 0.1) is 0 Å². The molecule has 2 atom stereocenters. The Hall–Kier alpha value is -0.680. The van der Waals surface area contributed by atoms with Crippen LogP contribution in [-0.2, 0) is 0 Å². The van der Waals surface area contributed by atoms with Crippen molar-refractivity contribution in [2.75, 3.05) is 20.2 Å². The maximum atomic E-state index is 9.92. The third-order valence-electron chi connectivity index (χ3n) is 3.14. The lowest BCUT2D eigenvalue weighted by atomic mass is 10.1. The highest BCUT2D eigenvalue weighted by atomic mass is 79.9. The second kappa shape index (κ2) is 8.48. The van der Waals surface area contributed by atoms with Gasteiger partial charge in [0.1, 0.15) is 0 Å². The van der Waals surface area contributed by atoms with Gasteiger partial charge in [0.15, 0.2) is 0 Å². The van der Waals surface area contributed by atoms with Gasteiger partial charge in [0.25, 0.3) is 0 Å². The van der Waals surface area contributed by atoms with Crippen molar-refractivity contribution >= 4 is 15.9 Å². The maximum Gasteiger partial charge on any atom is 0.0670 e. The minimum absolute atomic E-state index is 0.0289. The summed E-state index contributed by atoms with van der Waals surface area (Å²) in [5.74, 6) is 0. The number of nitrogens with zero attached hydrogens (tertiary/aromatic N) is 1. The van der Waals surface area contributed by atoms with Gasteiger partial charge in [0, 0.05) is 11.0 Å². The molecule has 1 rings (SSSR count). The maximum absolute atomic E-state index is 9.92. The Bertz CT molecular complexity index is 397. The first-order valence-electron chi connectivity index (χ1n) is 6.44. The minimum Gasteiger partial charge on any atom is -0.394 e. The van der Waals surface area contributed by atoms with Crippen molar-refractivity contribution in [1.82, 2.24) is 4.90 Å². The fourth-order valence-corrected chi connectivity index (χ4v) is 2.49. The van der Waals surface area contributed by atoms with Gasteiger partial charge < -0.3 is 10.2 Å². The summed E-state index contributed by atoms with van der Waals surface area (Å²) in [5.41, 5.74) is 1.04. The van der Waals surface area contributed by atoms with Gasteiger partial charge in [0.2, 0.25) is 0 Å². The molecule has 0 radical (unpaired) electrons. The highest BCUT2D eigenvalue weighted by molar-refractivity contribution is 9.10. The van der Waals surface area contributed by atoms with Crippen molar-refractivity contribution < 1.29 is 10.2 Å². The summed E-state index contributed by atoms with van der Waals surface area (Å²) in [6.45, 7) is 4.21. The second-order valence-electron chi connectivity index (χ2n) is 4.71. The molecular formula is C15H22BrNO2. The molecule has 0 aliphatic rings. The fraction of sp³-hybridized carbons (Fsp3) is 0.467. The predicted octanol–water partition coefficient (Wildman–Crippen LogP) is 2.74. The first-order valence-corrected chi connectivity index (χ1v) is 7.23. The molecule has 0 aromatic heterocycles. The van der Waals surface area contributed by atoms with Crippen LogP contribution in [0.2, 0.25) is 0 Å². The molecule has 2 unspecified atom stereocenters. The van der Waals surface area contributed by atoms with Crippen LogP contribution in [0.4, 0.5) is 0 Å². The average molecular weight is 328 g/mol. The van der Waals surface area contributed by atoms with Crippen molar-refractivity contribution in [3.05, 3.63) is 47.0 Å².